The monoisotopic (exact) mass is 572 g/mol. The maximum absolute atomic E-state index is 13.0. The molecule has 1 aliphatic heterocycles. The first-order valence-corrected chi connectivity index (χ1v) is 14.2. The van der Waals surface area contributed by atoms with Gasteiger partial charge in [0.25, 0.3) is 0 Å². The van der Waals surface area contributed by atoms with Crippen molar-refractivity contribution in [2.75, 3.05) is 24.8 Å². The highest BCUT2D eigenvalue weighted by Gasteiger charge is 2.25. The van der Waals surface area contributed by atoms with Crippen LogP contribution in [0.15, 0.2) is 51.5 Å². The van der Waals surface area contributed by atoms with Crippen molar-refractivity contribution in [2.24, 2.45) is 0 Å². The number of carbonyl (C=O) groups excluding carboxylic acids is 2. The van der Waals surface area contributed by atoms with Crippen molar-refractivity contribution < 1.29 is 23.5 Å². The molecule has 0 spiro atoms. The van der Waals surface area contributed by atoms with E-state index < -0.39 is 5.97 Å². The predicted molar refractivity (Wildman–Crippen MR) is 147 cm³/mol. The molecule has 38 heavy (non-hydrogen) atoms. The minimum Gasteiger partial charge on any atom is -0.469 e. The molecule has 0 saturated carbocycles. The number of esters is 1. The molecule has 1 aromatic carbocycles. The van der Waals surface area contributed by atoms with E-state index in [9.17, 15) is 9.59 Å². The lowest BCUT2D eigenvalue weighted by Crippen LogP contribution is -2.18. The Labute approximate surface area is 232 Å². The number of anilines is 1. The second-order valence-electron chi connectivity index (χ2n) is 8.63. The molecule has 1 N–H and O–H groups in total. The second kappa shape index (κ2) is 11.7. The van der Waals surface area contributed by atoms with Crippen LogP contribution in [-0.4, -0.2) is 52.2 Å². The number of thiophene rings is 1. The normalized spacial score (nSPS) is 15.1. The summed E-state index contributed by atoms with van der Waals surface area (Å²) in [6, 6.07) is 8.99. The zero-order valence-electron chi connectivity index (χ0n) is 20.7. The zero-order valence-corrected chi connectivity index (χ0v) is 23.1. The number of benzene rings is 1. The summed E-state index contributed by atoms with van der Waals surface area (Å²) in [5.74, 6) is 0.675. The van der Waals surface area contributed by atoms with E-state index in [1.54, 1.807) is 18.4 Å². The fraction of sp³-hybridized carbons (Fsp3) is 0.308. The number of carbonyl (C=O) groups is 2. The van der Waals surface area contributed by atoms with E-state index in [0.717, 1.165) is 36.3 Å². The number of aryl methyl sites for hydroxylation is 1. The molecule has 1 aliphatic rings. The SMILES string of the molecule is COC(=O)c1c(-c2ccc(Cl)cc2)csc1NC(=O)CSc1nnc(-c2ccoc2C)n1CC1CCCO1. The third kappa shape index (κ3) is 5.65. The highest BCUT2D eigenvalue weighted by molar-refractivity contribution is 7.99. The van der Waals surface area contributed by atoms with Gasteiger partial charge in [-0.3, -0.25) is 9.36 Å². The van der Waals surface area contributed by atoms with Crippen LogP contribution in [0.3, 0.4) is 0 Å². The third-order valence-corrected chi connectivity index (χ3v) is 8.26. The number of methoxy groups -OCH3 is 1. The molecular weight excluding hydrogens is 548 g/mol. The van der Waals surface area contributed by atoms with Crippen LogP contribution in [0.25, 0.3) is 22.5 Å². The van der Waals surface area contributed by atoms with E-state index in [1.165, 1.54) is 30.2 Å². The van der Waals surface area contributed by atoms with Gasteiger partial charge in [-0.1, -0.05) is 35.5 Å². The average Bonchev–Trinajstić information content (AvgIpc) is 3.72. The van der Waals surface area contributed by atoms with Crippen molar-refractivity contribution in [1.82, 2.24) is 14.8 Å². The number of rotatable bonds is 9. The Hall–Kier alpha value is -3.12. The summed E-state index contributed by atoms with van der Waals surface area (Å²) in [5, 5.41) is 15.0. The molecule has 0 bridgehead atoms. The number of hydrogen-bond donors (Lipinski definition) is 1. The van der Waals surface area contributed by atoms with Gasteiger partial charge in [-0.2, -0.15) is 0 Å². The van der Waals surface area contributed by atoms with Crippen LogP contribution in [0, 0.1) is 6.92 Å². The smallest absolute Gasteiger partial charge is 0.341 e. The van der Waals surface area contributed by atoms with Crippen molar-refractivity contribution in [3.05, 3.63) is 58.3 Å². The highest BCUT2D eigenvalue weighted by atomic mass is 35.5. The first kappa shape index (κ1) is 26.5. The Bertz CT molecular complexity index is 1440. The molecule has 1 unspecified atom stereocenters. The first-order valence-electron chi connectivity index (χ1n) is 11.9. The molecule has 5 rings (SSSR count). The molecule has 4 heterocycles. The minimum absolute atomic E-state index is 0.0603. The van der Waals surface area contributed by atoms with Gasteiger partial charge in [-0.05, 0) is 43.5 Å². The lowest BCUT2D eigenvalue weighted by atomic mass is 10.0. The minimum atomic E-state index is -0.532. The van der Waals surface area contributed by atoms with Gasteiger partial charge in [0.15, 0.2) is 11.0 Å². The lowest BCUT2D eigenvalue weighted by Gasteiger charge is -2.14. The van der Waals surface area contributed by atoms with Gasteiger partial charge in [0.05, 0.1) is 37.3 Å². The highest BCUT2D eigenvalue weighted by Crippen LogP contribution is 2.37. The van der Waals surface area contributed by atoms with Crippen LogP contribution >= 0.6 is 34.7 Å². The third-order valence-electron chi connectivity index (χ3n) is 6.15. The molecule has 198 valence electrons. The van der Waals surface area contributed by atoms with Crippen molar-refractivity contribution in [3.8, 4) is 22.5 Å². The molecule has 12 heteroatoms. The predicted octanol–water partition coefficient (Wildman–Crippen LogP) is 5.92. The Morgan fingerprint density at radius 3 is 2.74 bits per heavy atom. The molecule has 1 saturated heterocycles. The quantitative estimate of drug-likeness (QED) is 0.194. The Kier molecular flexibility index (Phi) is 8.18. The van der Waals surface area contributed by atoms with Gasteiger partial charge >= 0.3 is 5.97 Å². The van der Waals surface area contributed by atoms with E-state index in [2.05, 4.69) is 15.5 Å². The standard InChI is InChI=1S/C26H25ClN4O5S2/c1-15-19(9-11-35-15)23-29-30-26(31(23)12-18-4-3-10-36-18)38-14-21(32)28-24-22(25(33)34-2)20(13-37-24)16-5-7-17(27)8-6-16/h5-9,11,13,18H,3-4,10,12,14H2,1-2H3,(H,28,32). The van der Waals surface area contributed by atoms with E-state index in [4.69, 9.17) is 25.5 Å². The summed E-state index contributed by atoms with van der Waals surface area (Å²) < 4.78 is 18.3. The Morgan fingerprint density at radius 1 is 1.24 bits per heavy atom. The number of aromatic nitrogens is 3. The van der Waals surface area contributed by atoms with Gasteiger partial charge in [-0.25, -0.2) is 4.79 Å². The summed E-state index contributed by atoms with van der Waals surface area (Å²) in [5.41, 5.74) is 2.61. The van der Waals surface area contributed by atoms with Crippen LogP contribution in [0.1, 0.15) is 29.0 Å². The lowest BCUT2D eigenvalue weighted by molar-refractivity contribution is -0.113. The van der Waals surface area contributed by atoms with Crippen LogP contribution < -0.4 is 5.32 Å². The number of amides is 1. The van der Waals surface area contributed by atoms with Crippen LogP contribution in [0.2, 0.25) is 5.02 Å². The van der Waals surface area contributed by atoms with Crippen LogP contribution in [0.4, 0.5) is 5.00 Å². The summed E-state index contributed by atoms with van der Waals surface area (Å²) in [6.45, 7) is 3.19. The fourth-order valence-electron chi connectivity index (χ4n) is 4.26. The summed E-state index contributed by atoms with van der Waals surface area (Å²) >= 11 is 8.55. The van der Waals surface area contributed by atoms with Crippen LogP contribution in [0.5, 0.6) is 0 Å². The van der Waals surface area contributed by atoms with E-state index in [-0.39, 0.29) is 17.8 Å². The number of ether oxygens (including phenoxy) is 2. The topological polar surface area (TPSA) is 108 Å². The van der Waals surface area contributed by atoms with E-state index in [0.29, 0.717) is 38.7 Å². The van der Waals surface area contributed by atoms with Gasteiger partial charge in [0.1, 0.15) is 16.3 Å². The Balaban J connectivity index is 1.34. The van der Waals surface area contributed by atoms with Crippen molar-refractivity contribution >= 4 is 51.6 Å². The molecule has 3 aromatic heterocycles. The number of thioether (sulfide) groups is 1. The van der Waals surface area contributed by atoms with Crippen LogP contribution in [-0.2, 0) is 20.8 Å². The fourth-order valence-corrected chi connectivity index (χ4v) is 6.10. The summed E-state index contributed by atoms with van der Waals surface area (Å²) in [6.07, 6.45) is 3.65. The van der Waals surface area contributed by atoms with Crippen molar-refractivity contribution in [2.45, 2.75) is 37.6 Å². The first-order chi connectivity index (χ1) is 18.4. The number of nitrogens with one attached hydrogen (secondary N) is 1. The summed E-state index contributed by atoms with van der Waals surface area (Å²) in [7, 11) is 1.31. The second-order valence-corrected chi connectivity index (χ2v) is 10.9. The van der Waals surface area contributed by atoms with Gasteiger partial charge in [0, 0.05) is 22.6 Å². The number of hydrogen-bond acceptors (Lipinski definition) is 9. The molecule has 1 amide bonds. The van der Waals surface area contributed by atoms with E-state index >= 15 is 0 Å². The summed E-state index contributed by atoms with van der Waals surface area (Å²) in [4.78, 5) is 25.6. The number of furan rings is 1. The molecular formula is C26H25ClN4O5S2. The molecule has 1 fully saturated rings. The molecule has 9 nitrogen and oxygen atoms in total. The average molecular weight is 573 g/mol. The number of halogens is 1. The van der Waals surface area contributed by atoms with Crippen molar-refractivity contribution in [1.29, 1.82) is 0 Å². The molecule has 0 aliphatic carbocycles. The van der Waals surface area contributed by atoms with E-state index in [1.807, 2.05) is 35.1 Å². The van der Waals surface area contributed by atoms with Crippen molar-refractivity contribution in [3.63, 3.8) is 0 Å². The maximum Gasteiger partial charge on any atom is 0.341 e. The largest absolute Gasteiger partial charge is 0.469 e. The molecule has 0 radical (unpaired) electrons. The van der Waals surface area contributed by atoms with Gasteiger partial charge in [-0.15, -0.1) is 21.5 Å². The maximum atomic E-state index is 13.0. The number of nitrogens with zero attached hydrogens (tertiary/aromatic N) is 3. The zero-order chi connectivity index (χ0) is 26.6. The molecule has 1 atom stereocenters. The Morgan fingerprint density at radius 2 is 2.05 bits per heavy atom. The van der Waals surface area contributed by atoms with Gasteiger partial charge in [0.2, 0.25) is 5.91 Å². The molecule has 4 aromatic rings. The van der Waals surface area contributed by atoms with Gasteiger partial charge < -0.3 is 19.2 Å².